The molecule has 1 saturated heterocycles. The predicted octanol–water partition coefficient (Wildman–Crippen LogP) is 3.92. The number of methoxy groups -OCH3 is 1. The zero-order valence-corrected chi connectivity index (χ0v) is 17.5. The molecule has 0 radical (unpaired) electrons. The fourth-order valence-electron chi connectivity index (χ4n) is 2.87. The fraction of sp³-hybridized carbons (Fsp3) is 0.632. The van der Waals surface area contributed by atoms with E-state index in [1.807, 2.05) is 0 Å². The van der Waals surface area contributed by atoms with Gasteiger partial charge in [0.05, 0.1) is 18.7 Å². The van der Waals surface area contributed by atoms with E-state index in [4.69, 9.17) is 21.1 Å². The van der Waals surface area contributed by atoms with Gasteiger partial charge in [0.2, 0.25) is 0 Å². The van der Waals surface area contributed by atoms with Gasteiger partial charge in [-0.3, -0.25) is 4.79 Å². The Kier molecular flexibility index (Phi) is 9.55. The number of rotatable bonds is 7. The molecule has 1 aromatic carbocycles. The summed E-state index contributed by atoms with van der Waals surface area (Å²) in [5.74, 6) is 1.79. The molecule has 0 saturated carbocycles. The minimum Gasteiger partial charge on any atom is -0.493 e. The standard InChI is InChI=1S/C19H29ClN2O3.ClH/c1-12(2)6-8-25-18-15(20)9-14(10-17(18)24-4)19(23)22-16-5-7-21-11-13(16)3;/h9-10,12-13,16,21H,5-8,11H2,1-4H3,(H,22,23);1H. The molecule has 1 fully saturated rings. The Hall–Kier alpha value is -1.17. The Morgan fingerprint density at radius 1 is 1.42 bits per heavy atom. The lowest BCUT2D eigenvalue weighted by Gasteiger charge is -2.30. The number of carbonyl (C=O) groups is 1. The van der Waals surface area contributed by atoms with Crippen LogP contribution in [0.5, 0.6) is 11.5 Å². The average molecular weight is 405 g/mol. The molecule has 0 aromatic heterocycles. The van der Waals surface area contributed by atoms with Crippen LogP contribution in [0.1, 0.15) is 44.0 Å². The lowest BCUT2D eigenvalue weighted by molar-refractivity contribution is 0.0914. The monoisotopic (exact) mass is 404 g/mol. The molecule has 1 heterocycles. The predicted molar refractivity (Wildman–Crippen MR) is 108 cm³/mol. The van der Waals surface area contributed by atoms with Gasteiger partial charge in [-0.05, 0) is 49.9 Å². The van der Waals surface area contributed by atoms with Gasteiger partial charge in [0.15, 0.2) is 11.5 Å². The van der Waals surface area contributed by atoms with E-state index in [0.717, 1.165) is 25.9 Å². The smallest absolute Gasteiger partial charge is 0.251 e. The van der Waals surface area contributed by atoms with E-state index in [-0.39, 0.29) is 24.4 Å². The van der Waals surface area contributed by atoms with E-state index in [1.165, 1.54) is 0 Å². The highest BCUT2D eigenvalue weighted by Gasteiger charge is 2.24. The van der Waals surface area contributed by atoms with Crippen LogP contribution >= 0.6 is 24.0 Å². The highest BCUT2D eigenvalue weighted by atomic mass is 35.5. The van der Waals surface area contributed by atoms with Crippen LogP contribution in [0, 0.1) is 11.8 Å². The summed E-state index contributed by atoms with van der Waals surface area (Å²) in [7, 11) is 1.55. The molecule has 2 N–H and O–H groups in total. The first-order valence-electron chi connectivity index (χ1n) is 8.94. The number of carbonyl (C=O) groups excluding carboxylic acids is 1. The van der Waals surface area contributed by atoms with Crippen LogP contribution in [0.3, 0.4) is 0 Å². The van der Waals surface area contributed by atoms with Crippen molar-refractivity contribution in [3.05, 3.63) is 22.7 Å². The van der Waals surface area contributed by atoms with Crippen LogP contribution in [-0.4, -0.2) is 38.8 Å². The van der Waals surface area contributed by atoms with Gasteiger partial charge < -0.3 is 20.1 Å². The second-order valence-electron chi connectivity index (χ2n) is 7.07. The van der Waals surface area contributed by atoms with Gasteiger partial charge in [-0.25, -0.2) is 0 Å². The van der Waals surface area contributed by atoms with Gasteiger partial charge in [-0.2, -0.15) is 0 Å². The Morgan fingerprint density at radius 3 is 2.77 bits per heavy atom. The maximum Gasteiger partial charge on any atom is 0.251 e. The largest absolute Gasteiger partial charge is 0.493 e. The van der Waals surface area contributed by atoms with Crippen molar-refractivity contribution in [3.63, 3.8) is 0 Å². The molecular formula is C19H30Cl2N2O3. The summed E-state index contributed by atoms with van der Waals surface area (Å²) in [5, 5.41) is 6.83. The molecule has 1 aliphatic rings. The summed E-state index contributed by atoms with van der Waals surface area (Å²) in [6.07, 6.45) is 1.85. The first-order chi connectivity index (χ1) is 11.9. The maximum atomic E-state index is 12.6. The van der Waals surface area contributed by atoms with E-state index < -0.39 is 0 Å². The molecule has 1 aliphatic heterocycles. The van der Waals surface area contributed by atoms with Crippen LogP contribution in [0.15, 0.2) is 12.1 Å². The third kappa shape index (κ3) is 6.22. The first-order valence-corrected chi connectivity index (χ1v) is 9.32. The van der Waals surface area contributed by atoms with E-state index >= 15 is 0 Å². The second-order valence-corrected chi connectivity index (χ2v) is 7.48. The minimum atomic E-state index is -0.132. The van der Waals surface area contributed by atoms with Gasteiger partial charge in [0, 0.05) is 11.6 Å². The third-order valence-corrected chi connectivity index (χ3v) is 4.82. The van der Waals surface area contributed by atoms with Gasteiger partial charge >= 0.3 is 0 Å². The van der Waals surface area contributed by atoms with Gasteiger partial charge in [0.25, 0.3) is 5.91 Å². The second kappa shape index (κ2) is 10.9. The SMILES string of the molecule is COc1cc(C(=O)NC2CCNCC2C)cc(Cl)c1OCCC(C)C.Cl. The molecule has 1 aromatic rings. The van der Waals surface area contributed by atoms with E-state index in [2.05, 4.69) is 31.4 Å². The molecule has 2 rings (SSSR count). The van der Waals surface area contributed by atoms with Crippen LogP contribution in [0.2, 0.25) is 5.02 Å². The number of hydrogen-bond acceptors (Lipinski definition) is 4. The van der Waals surface area contributed by atoms with Crippen molar-refractivity contribution in [2.24, 2.45) is 11.8 Å². The Bertz CT molecular complexity index is 596. The van der Waals surface area contributed by atoms with Gasteiger partial charge in [-0.1, -0.05) is 32.4 Å². The normalized spacial score (nSPS) is 19.6. The highest BCUT2D eigenvalue weighted by Crippen LogP contribution is 2.36. The maximum absolute atomic E-state index is 12.6. The van der Waals surface area contributed by atoms with Crippen molar-refractivity contribution in [2.75, 3.05) is 26.8 Å². The van der Waals surface area contributed by atoms with Crippen molar-refractivity contribution in [2.45, 2.75) is 39.7 Å². The molecule has 1 amide bonds. The van der Waals surface area contributed by atoms with E-state index in [0.29, 0.717) is 40.5 Å². The summed E-state index contributed by atoms with van der Waals surface area (Å²) in [5.41, 5.74) is 0.490. The summed E-state index contributed by atoms with van der Waals surface area (Å²) >= 11 is 6.35. The quantitative estimate of drug-likeness (QED) is 0.722. The summed E-state index contributed by atoms with van der Waals surface area (Å²) in [6.45, 7) is 8.80. The third-order valence-electron chi connectivity index (χ3n) is 4.54. The van der Waals surface area contributed by atoms with Gasteiger partial charge in [-0.15, -0.1) is 12.4 Å². The first kappa shape index (κ1) is 22.9. The molecule has 5 nitrogen and oxygen atoms in total. The van der Waals surface area contributed by atoms with Crippen molar-refractivity contribution in [3.8, 4) is 11.5 Å². The molecule has 0 aliphatic carbocycles. The fourth-order valence-corrected chi connectivity index (χ4v) is 3.13. The number of halogens is 2. The van der Waals surface area contributed by atoms with E-state index in [9.17, 15) is 4.79 Å². The van der Waals surface area contributed by atoms with Crippen molar-refractivity contribution in [1.29, 1.82) is 0 Å². The zero-order chi connectivity index (χ0) is 18.4. The lowest BCUT2D eigenvalue weighted by Crippen LogP contribution is -2.48. The number of hydrogen-bond donors (Lipinski definition) is 2. The molecule has 0 spiro atoms. The molecule has 0 bridgehead atoms. The molecule has 2 unspecified atom stereocenters. The average Bonchev–Trinajstić information content (AvgIpc) is 2.57. The molecule has 2 atom stereocenters. The van der Waals surface area contributed by atoms with Gasteiger partial charge in [0.1, 0.15) is 0 Å². The van der Waals surface area contributed by atoms with Crippen LogP contribution in [0.4, 0.5) is 0 Å². The molecule has 7 heteroatoms. The number of benzene rings is 1. The zero-order valence-electron chi connectivity index (χ0n) is 15.9. The summed E-state index contributed by atoms with van der Waals surface area (Å²) in [4.78, 5) is 12.6. The van der Waals surface area contributed by atoms with Crippen LogP contribution in [-0.2, 0) is 0 Å². The van der Waals surface area contributed by atoms with E-state index in [1.54, 1.807) is 19.2 Å². The lowest BCUT2D eigenvalue weighted by atomic mass is 9.95. The summed E-state index contributed by atoms with van der Waals surface area (Å²) < 4.78 is 11.2. The van der Waals surface area contributed by atoms with Crippen LogP contribution in [0.25, 0.3) is 0 Å². The number of amides is 1. The Morgan fingerprint density at radius 2 is 2.15 bits per heavy atom. The topological polar surface area (TPSA) is 59.6 Å². The molecular weight excluding hydrogens is 375 g/mol. The highest BCUT2D eigenvalue weighted by molar-refractivity contribution is 6.32. The van der Waals surface area contributed by atoms with Crippen molar-refractivity contribution >= 4 is 29.9 Å². The minimum absolute atomic E-state index is 0. The van der Waals surface area contributed by atoms with Crippen molar-refractivity contribution < 1.29 is 14.3 Å². The van der Waals surface area contributed by atoms with Crippen molar-refractivity contribution in [1.82, 2.24) is 10.6 Å². The Balaban J connectivity index is 0.00000338. The molecule has 148 valence electrons. The summed E-state index contributed by atoms with van der Waals surface area (Å²) in [6, 6.07) is 3.51. The number of ether oxygens (including phenoxy) is 2. The number of nitrogens with one attached hydrogen (secondary N) is 2. The van der Waals surface area contributed by atoms with Crippen LogP contribution < -0.4 is 20.1 Å². The number of piperidine rings is 1. The molecule has 26 heavy (non-hydrogen) atoms. The Labute approximate surface area is 167 Å².